The van der Waals surface area contributed by atoms with Crippen molar-refractivity contribution in [3.8, 4) is 11.5 Å². The lowest BCUT2D eigenvalue weighted by atomic mass is 10.1. The van der Waals surface area contributed by atoms with Crippen molar-refractivity contribution < 1.29 is 22.7 Å². The first-order valence-electron chi connectivity index (χ1n) is 8.75. The molecule has 0 fully saturated rings. The quantitative estimate of drug-likeness (QED) is 0.523. The summed E-state index contributed by atoms with van der Waals surface area (Å²) < 4.78 is 36.0. The predicted molar refractivity (Wildman–Crippen MR) is 113 cm³/mol. The van der Waals surface area contributed by atoms with Gasteiger partial charge in [0.2, 0.25) is 10.0 Å². The number of nitrogens with one attached hydrogen (secondary N) is 1. The van der Waals surface area contributed by atoms with E-state index < -0.39 is 22.5 Å². The first kappa shape index (κ1) is 22.2. The molecule has 8 nitrogen and oxygen atoms in total. The average molecular weight is 420 g/mol. The fourth-order valence-corrected chi connectivity index (χ4v) is 3.40. The molecule has 0 atom stereocenters. The van der Waals surface area contributed by atoms with Gasteiger partial charge < -0.3 is 9.47 Å². The number of aryl methyl sites for hydroxylation is 1. The number of carbonyl (C=O) groups excluding carboxylic acids is 1. The van der Waals surface area contributed by atoms with Crippen molar-refractivity contribution in [1.82, 2.24) is 5.43 Å². The standard InChI is InChI=1S/C20H25N3O5S/c1-14-6-8-16(9-7-14)15(2)21-22-20(24)13-23(29(5,25)26)18-11-10-17(27-3)12-19(18)28-4/h6-12H,13H2,1-5H3,(H,22,24)/b21-15-. The van der Waals surface area contributed by atoms with Crippen LogP contribution in [-0.2, 0) is 14.8 Å². The van der Waals surface area contributed by atoms with Gasteiger partial charge in [0, 0.05) is 6.07 Å². The fraction of sp³-hybridized carbons (Fsp3) is 0.300. The van der Waals surface area contributed by atoms with Gasteiger partial charge in [0.25, 0.3) is 5.91 Å². The predicted octanol–water partition coefficient (Wildman–Crippen LogP) is 2.32. The van der Waals surface area contributed by atoms with E-state index in [4.69, 9.17) is 9.47 Å². The van der Waals surface area contributed by atoms with Gasteiger partial charge in [-0.05, 0) is 31.5 Å². The Labute approximate surface area is 171 Å². The van der Waals surface area contributed by atoms with E-state index in [9.17, 15) is 13.2 Å². The van der Waals surface area contributed by atoms with Crippen LogP contribution < -0.4 is 19.2 Å². The number of amides is 1. The van der Waals surface area contributed by atoms with Crippen LogP contribution in [0.3, 0.4) is 0 Å². The van der Waals surface area contributed by atoms with Crippen molar-refractivity contribution in [2.75, 3.05) is 31.3 Å². The maximum atomic E-state index is 12.4. The van der Waals surface area contributed by atoms with Crippen LogP contribution in [0.2, 0.25) is 0 Å². The Bertz CT molecular complexity index is 1000. The van der Waals surface area contributed by atoms with Gasteiger partial charge in [0.05, 0.1) is 31.9 Å². The Morgan fingerprint density at radius 3 is 2.31 bits per heavy atom. The SMILES string of the molecule is COc1ccc(N(CC(=O)N/N=C(/C)c2ccc(C)cc2)S(C)(=O)=O)c(OC)c1. The Kier molecular flexibility index (Phi) is 7.22. The fourth-order valence-electron chi connectivity index (χ4n) is 2.54. The largest absolute Gasteiger partial charge is 0.497 e. The lowest BCUT2D eigenvalue weighted by Gasteiger charge is -2.23. The topological polar surface area (TPSA) is 97.3 Å². The number of rotatable bonds is 8. The molecule has 2 rings (SSSR count). The third kappa shape index (κ3) is 5.95. The molecule has 0 unspecified atom stereocenters. The monoisotopic (exact) mass is 419 g/mol. The van der Waals surface area contributed by atoms with Crippen molar-refractivity contribution >= 4 is 27.3 Å². The number of benzene rings is 2. The summed E-state index contributed by atoms with van der Waals surface area (Å²) in [6.07, 6.45) is 1.02. The van der Waals surface area contributed by atoms with E-state index >= 15 is 0 Å². The number of ether oxygens (including phenoxy) is 2. The first-order chi connectivity index (χ1) is 13.7. The molecule has 0 saturated carbocycles. The third-order valence-corrected chi connectivity index (χ3v) is 5.29. The van der Waals surface area contributed by atoms with Gasteiger partial charge in [-0.2, -0.15) is 5.10 Å². The summed E-state index contributed by atoms with van der Waals surface area (Å²) in [4.78, 5) is 12.4. The molecular weight excluding hydrogens is 394 g/mol. The van der Waals surface area contributed by atoms with E-state index in [0.29, 0.717) is 11.5 Å². The van der Waals surface area contributed by atoms with Crippen LogP contribution in [0.4, 0.5) is 5.69 Å². The van der Waals surface area contributed by atoms with Crippen LogP contribution in [0.15, 0.2) is 47.6 Å². The van der Waals surface area contributed by atoms with Gasteiger partial charge in [0.1, 0.15) is 18.0 Å². The molecule has 2 aromatic rings. The maximum absolute atomic E-state index is 12.4. The first-order valence-corrected chi connectivity index (χ1v) is 10.6. The second-order valence-electron chi connectivity index (χ2n) is 6.41. The molecule has 0 radical (unpaired) electrons. The van der Waals surface area contributed by atoms with Gasteiger partial charge in [-0.15, -0.1) is 0 Å². The molecule has 1 N–H and O–H groups in total. The van der Waals surface area contributed by atoms with Crippen LogP contribution in [0.1, 0.15) is 18.1 Å². The lowest BCUT2D eigenvalue weighted by molar-refractivity contribution is -0.119. The summed E-state index contributed by atoms with van der Waals surface area (Å²) in [6.45, 7) is 3.28. The highest BCUT2D eigenvalue weighted by molar-refractivity contribution is 7.92. The van der Waals surface area contributed by atoms with Crippen LogP contribution in [0.25, 0.3) is 0 Å². The van der Waals surface area contributed by atoms with Crippen LogP contribution in [0.5, 0.6) is 11.5 Å². The third-order valence-electron chi connectivity index (χ3n) is 4.16. The zero-order chi connectivity index (χ0) is 21.6. The summed E-state index contributed by atoms with van der Waals surface area (Å²) in [5.41, 5.74) is 5.20. The van der Waals surface area contributed by atoms with Crippen LogP contribution >= 0.6 is 0 Å². The minimum Gasteiger partial charge on any atom is -0.497 e. The van der Waals surface area contributed by atoms with Gasteiger partial charge in [0.15, 0.2) is 0 Å². The number of hydrogen-bond donors (Lipinski definition) is 1. The van der Waals surface area contributed by atoms with E-state index in [1.165, 1.54) is 20.3 Å². The van der Waals surface area contributed by atoms with Crippen molar-refractivity contribution in [3.63, 3.8) is 0 Å². The summed E-state index contributed by atoms with van der Waals surface area (Å²) in [6, 6.07) is 12.3. The lowest BCUT2D eigenvalue weighted by Crippen LogP contribution is -2.39. The molecule has 0 spiro atoms. The Morgan fingerprint density at radius 1 is 1.10 bits per heavy atom. The van der Waals surface area contributed by atoms with E-state index in [-0.39, 0.29) is 11.4 Å². The zero-order valence-electron chi connectivity index (χ0n) is 17.1. The summed E-state index contributed by atoms with van der Waals surface area (Å²) in [7, 11) is -0.856. The zero-order valence-corrected chi connectivity index (χ0v) is 17.9. The Morgan fingerprint density at radius 2 is 1.76 bits per heavy atom. The summed E-state index contributed by atoms with van der Waals surface area (Å²) >= 11 is 0. The summed E-state index contributed by atoms with van der Waals surface area (Å²) in [5.74, 6) is 0.184. The van der Waals surface area contributed by atoms with Crippen molar-refractivity contribution in [1.29, 1.82) is 0 Å². The van der Waals surface area contributed by atoms with Crippen LogP contribution in [0, 0.1) is 6.92 Å². The van der Waals surface area contributed by atoms with E-state index in [1.807, 2.05) is 31.2 Å². The normalized spacial score (nSPS) is 11.7. The summed E-state index contributed by atoms with van der Waals surface area (Å²) in [5, 5.41) is 4.07. The molecule has 0 aliphatic heterocycles. The van der Waals surface area contributed by atoms with E-state index in [1.54, 1.807) is 19.1 Å². The highest BCUT2D eigenvalue weighted by Gasteiger charge is 2.24. The number of hydrogen-bond acceptors (Lipinski definition) is 6. The Hall–Kier alpha value is -3.07. The van der Waals surface area contributed by atoms with Gasteiger partial charge in [-0.25, -0.2) is 13.8 Å². The molecule has 29 heavy (non-hydrogen) atoms. The molecule has 0 aliphatic carbocycles. The molecule has 0 heterocycles. The van der Waals surface area contributed by atoms with Crippen molar-refractivity contribution in [2.45, 2.75) is 13.8 Å². The van der Waals surface area contributed by atoms with Crippen LogP contribution in [-0.4, -0.2) is 47.1 Å². The second-order valence-corrected chi connectivity index (χ2v) is 8.31. The molecule has 0 saturated heterocycles. The molecule has 0 aromatic heterocycles. The maximum Gasteiger partial charge on any atom is 0.260 e. The number of nitrogens with zero attached hydrogens (tertiary/aromatic N) is 2. The number of anilines is 1. The molecule has 1 amide bonds. The van der Waals surface area contributed by atoms with Gasteiger partial charge in [-0.3, -0.25) is 9.10 Å². The number of carbonyl (C=O) groups is 1. The molecular formula is C20H25N3O5S. The van der Waals surface area contributed by atoms with E-state index in [0.717, 1.165) is 21.7 Å². The average Bonchev–Trinajstić information content (AvgIpc) is 2.69. The number of methoxy groups -OCH3 is 2. The smallest absolute Gasteiger partial charge is 0.260 e. The molecule has 156 valence electrons. The minimum atomic E-state index is -3.76. The second kappa shape index (κ2) is 9.42. The van der Waals surface area contributed by atoms with Gasteiger partial charge >= 0.3 is 0 Å². The Balaban J connectivity index is 2.22. The molecule has 0 bridgehead atoms. The molecule has 9 heteroatoms. The number of sulfonamides is 1. The van der Waals surface area contributed by atoms with Crippen molar-refractivity contribution in [2.24, 2.45) is 5.10 Å². The highest BCUT2D eigenvalue weighted by atomic mass is 32.2. The molecule has 2 aromatic carbocycles. The van der Waals surface area contributed by atoms with Crippen molar-refractivity contribution in [3.05, 3.63) is 53.6 Å². The minimum absolute atomic E-state index is 0.227. The number of hydrazone groups is 1. The highest BCUT2D eigenvalue weighted by Crippen LogP contribution is 2.33. The van der Waals surface area contributed by atoms with Gasteiger partial charge in [-0.1, -0.05) is 29.8 Å². The van der Waals surface area contributed by atoms with E-state index in [2.05, 4.69) is 10.5 Å². The molecule has 0 aliphatic rings.